The van der Waals surface area contributed by atoms with Crippen molar-refractivity contribution in [1.82, 2.24) is 5.06 Å². The predicted octanol–water partition coefficient (Wildman–Crippen LogP) is 2.35. The van der Waals surface area contributed by atoms with Gasteiger partial charge in [-0.15, -0.1) is 0 Å². The van der Waals surface area contributed by atoms with Crippen LogP contribution in [0, 0.1) is 23.6 Å². The van der Waals surface area contributed by atoms with Gasteiger partial charge in [0.1, 0.15) is 0 Å². The average Bonchev–Trinajstić information content (AvgIpc) is 2.97. The molecule has 0 saturated carbocycles. The van der Waals surface area contributed by atoms with Gasteiger partial charge in [-0.3, -0.25) is 24.4 Å². The largest absolute Gasteiger partial charge is 0.505 e. The second-order valence-electron chi connectivity index (χ2n) is 8.39. The number of benzene rings is 1. The molecule has 1 heterocycles. The summed E-state index contributed by atoms with van der Waals surface area (Å²) in [7, 11) is 0. The van der Waals surface area contributed by atoms with Gasteiger partial charge >= 0.3 is 0 Å². The number of carbonyl (C=O) groups excluding carboxylic acids is 4. The predicted molar refractivity (Wildman–Crippen MR) is 103 cm³/mol. The molecule has 7 nitrogen and oxygen atoms in total. The average molecular weight is 423 g/mol. The number of aromatic hydroxyl groups is 1. The molecular formula is C23H18FNO6. The number of nitrogens with zero attached hydrogens (tertiary/aromatic N) is 1. The number of para-hydroxylation sites is 1. The Bertz CT molecular complexity index is 1190. The van der Waals surface area contributed by atoms with E-state index in [-0.39, 0.29) is 51.8 Å². The molecule has 0 aromatic heterocycles. The fourth-order valence-corrected chi connectivity index (χ4v) is 5.47. The summed E-state index contributed by atoms with van der Waals surface area (Å²) in [4.78, 5) is 50.9. The Labute approximate surface area is 176 Å². The molecule has 1 fully saturated rings. The van der Waals surface area contributed by atoms with Crippen molar-refractivity contribution in [3.8, 4) is 5.75 Å². The summed E-state index contributed by atoms with van der Waals surface area (Å²) in [5.41, 5.74) is 1.31. The molecule has 0 bridgehead atoms. The normalized spacial score (nSPS) is 30.1. The first-order valence-electron chi connectivity index (χ1n) is 9.96. The van der Waals surface area contributed by atoms with E-state index in [0.29, 0.717) is 5.57 Å². The first kappa shape index (κ1) is 19.6. The smallest absolute Gasteiger partial charge is 0.257 e. The highest BCUT2D eigenvalue weighted by Gasteiger charge is 2.56. The molecule has 1 saturated heterocycles. The highest BCUT2D eigenvalue weighted by atomic mass is 19.1. The molecule has 4 atom stereocenters. The summed E-state index contributed by atoms with van der Waals surface area (Å²) in [5, 5.41) is 20.5. The second-order valence-corrected chi connectivity index (χ2v) is 8.39. The number of hydrogen-bond donors (Lipinski definition) is 2. The van der Waals surface area contributed by atoms with Crippen molar-refractivity contribution in [1.29, 1.82) is 0 Å². The number of halogens is 1. The summed E-state index contributed by atoms with van der Waals surface area (Å²) in [6, 6.07) is 3.97. The topological polar surface area (TPSA) is 112 Å². The van der Waals surface area contributed by atoms with E-state index < -0.39 is 47.1 Å². The lowest BCUT2D eigenvalue weighted by Gasteiger charge is -2.42. The van der Waals surface area contributed by atoms with Crippen LogP contribution in [0.2, 0.25) is 0 Å². The highest BCUT2D eigenvalue weighted by molar-refractivity contribution is 6.23. The maximum Gasteiger partial charge on any atom is 0.257 e. The quantitative estimate of drug-likeness (QED) is 0.310. The number of ketones is 2. The second kappa shape index (κ2) is 6.55. The van der Waals surface area contributed by atoms with E-state index in [1.54, 1.807) is 6.08 Å². The van der Waals surface area contributed by atoms with Gasteiger partial charge in [0.25, 0.3) is 11.8 Å². The van der Waals surface area contributed by atoms with Crippen molar-refractivity contribution < 1.29 is 33.9 Å². The SMILES string of the molecule is CC1=CC(=O)C2=C(C1=O)[C@@H](c1cccc(F)c1O)C1=CC[C@@H]3C(=O)N(O)C(=O)[C@@H]3[C@@H]1C2. The maximum atomic E-state index is 14.2. The van der Waals surface area contributed by atoms with Crippen molar-refractivity contribution in [2.24, 2.45) is 17.8 Å². The molecule has 2 N–H and O–H groups in total. The number of phenols is 1. The van der Waals surface area contributed by atoms with Gasteiger partial charge in [0, 0.05) is 28.2 Å². The summed E-state index contributed by atoms with van der Waals surface area (Å²) in [6.07, 6.45) is 3.17. The minimum Gasteiger partial charge on any atom is -0.505 e. The number of hydroxylamine groups is 2. The Morgan fingerprint density at radius 3 is 2.58 bits per heavy atom. The minimum absolute atomic E-state index is 0.0517. The van der Waals surface area contributed by atoms with E-state index >= 15 is 0 Å². The number of fused-ring (bicyclic) bond motifs is 3. The van der Waals surface area contributed by atoms with Gasteiger partial charge in [-0.05, 0) is 37.8 Å². The van der Waals surface area contributed by atoms with Gasteiger partial charge in [-0.25, -0.2) is 4.39 Å². The Kier molecular flexibility index (Phi) is 4.14. The van der Waals surface area contributed by atoms with E-state index in [2.05, 4.69) is 0 Å². The summed E-state index contributed by atoms with van der Waals surface area (Å²) in [6.45, 7) is 1.52. The fraction of sp³-hybridized carbons (Fsp3) is 0.304. The molecule has 31 heavy (non-hydrogen) atoms. The molecule has 3 aliphatic carbocycles. The molecule has 5 rings (SSSR count). The number of allylic oxidation sites excluding steroid dienone is 6. The molecule has 1 aliphatic heterocycles. The monoisotopic (exact) mass is 423 g/mol. The molecule has 4 aliphatic rings. The van der Waals surface area contributed by atoms with E-state index in [9.17, 15) is 33.9 Å². The Morgan fingerprint density at radius 1 is 1.10 bits per heavy atom. The third-order valence-electron chi connectivity index (χ3n) is 6.87. The van der Waals surface area contributed by atoms with Crippen molar-refractivity contribution in [3.05, 3.63) is 64.0 Å². The first-order chi connectivity index (χ1) is 14.7. The zero-order chi connectivity index (χ0) is 22.2. The number of rotatable bonds is 1. The minimum atomic E-state index is -0.929. The van der Waals surface area contributed by atoms with Gasteiger partial charge in [0.05, 0.1) is 11.8 Å². The lowest BCUT2D eigenvalue weighted by molar-refractivity contribution is -0.173. The summed E-state index contributed by atoms with van der Waals surface area (Å²) < 4.78 is 14.2. The molecule has 0 radical (unpaired) electrons. The molecule has 1 aromatic rings. The van der Waals surface area contributed by atoms with Crippen LogP contribution in [0.5, 0.6) is 5.75 Å². The first-order valence-corrected chi connectivity index (χ1v) is 9.96. The molecule has 1 aromatic carbocycles. The van der Waals surface area contributed by atoms with Crippen LogP contribution < -0.4 is 0 Å². The third-order valence-corrected chi connectivity index (χ3v) is 6.87. The lowest BCUT2D eigenvalue weighted by Crippen LogP contribution is -2.39. The van der Waals surface area contributed by atoms with Crippen molar-refractivity contribution in [2.45, 2.75) is 25.7 Å². The van der Waals surface area contributed by atoms with E-state index in [4.69, 9.17) is 0 Å². The summed E-state index contributed by atoms with van der Waals surface area (Å²) in [5.74, 6) is -6.92. The third kappa shape index (κ3) is 2.54. The number of imide groups is 1. The number of Topliss-reactive ketones (excluding diaryl/α,β-unsaturated/α-hetero) is 1. The molecule has 0 spiro atoms. The van der Waals surface area contributed by atoms with Gasteiger partial charge in [-0.1, -0.05) is 23.8 Å². The zero-order valence-electron chi connectivity index (χ0n) is 16.5. The van der Waals surface area contributed by atoms with Crippen molar-refractivity contribution >= 4 is 23.4 Å². The van der Waals surface area contributed by atoms with Crippen LogP contribution in [0.1, 0.15) is 31.2 Å². The molecule has 158 valence electrons. The van der Waals surface area contributed by atoms with Crippen LogP contribution in [-0.4, -0.2) is 38.8 Å². The summed E-state index contributed by atoms with van der Waals surface area (Å²) >= 11 is 0. The Hall–Kier alpha value is -3.39. The van der Waals surface area contributed by atoms with Crippen LogP contribution in [0.3, 0.4) is 0 Å². The van der Waals surface area contributed by atoms with Crippen LogP contribution >= 0.6 is 0 Å². The van der Waals surface area contributed by atoms with Crippen LogP contribution in [0.25, 0.3) is 0 Å². The Balaban J connectivity index is 1.75. The standard InChI is InChI=1S/C23H18FNO6/c1-9-7-16(26)14-8-13-10(5-6-12-18(13)23(30)25(31)22(12)29)17(19(14)20(9)27)11-3-2-4-15(24)21(11)28/h2-5,7,12-13,17-18,28,31H,6,8H2,1H3/t12-,13+,17+,18-/m0/s1. The van der Waals surface area contributed by atoms with Crippen LogP contribution in [0.4, 0.5) is 4.39 Å². The lowest BCUT2D eigenvalue weighted by atomic mass is 9.59. The molecule has 8 heteroatoms. The maximum absolute atomic E-state index is 14.2. The number of amides is 2. The molecule has 0 unspecified atom stereocenters. The van der Waals surface area contributed by atoms with Crippen molar-refractivity contribution in [2.75, 3.05) is 0 Å². The molecular weight excluding hydrogens is 405 g/mol. The Morgan fingerprint density at radius 2 is 1.84 bits per heavy atom. The van der Waals surface area contributed by atoms with Gasteiger partial charge in [0.15, 0.2) is 23.1 Å². The fourth-order valence-electron chi connectivity index (χ4n) is 5.47. The van der Waals surface area contributed by atoms with Gasteiger partial charge in [-0.2, -0.15) is 5.06 Å². The van der Waals surface area contributed by atoms with E-state index in [0.717, 1.165) is 6.07 Å². The van der Waals surface area contributed by atoms with E-state index in [1.165, 1.54) is 25.1 Å². The number of phenolic OH excluding ortho intramolecular Hbond substituents is 1. The zero-order valence-corrected chi connectivity index (χ0v) is 16.5. The van der Waals surface area contributed by atoms with Gasteiger partial charge < -0.3 is 5.11 Å². The molecule has 2 amide bonds. The number of hydrogen-bond acceptors (Lipinski definition) is 6. The van der Waals surface area contributed by atoms with Crippen molar-refractivity contribution in [3.63, 3.8) is 0 Å². The van der Waals surface area contributed by atoms with Crippen LogP contribution in [0.15, 0.2) is 52.6 Å². The van der Waals surface area contributed by atoms with E-state index in [1.807, 2.05) is 0 Å². The van der Waals surface area contributed by atoms with Crippen LogP contribution in [-0.2, 0) is 19.2 Å². The highest BCUT2D eigenvalue weighted by Crippen LogP contribution is 2.55. The van der Waals surface area contributed by atoms with Gasteiger partial charge in [0.2, 0.25) is 0 Å². The number of carbonyl (C=O) groups is 4.